The van der Waals surface area contributed by atoms with Gasteiger partial charge in [0.2, 0.25) is 0 Å². The standard InChI is InChI=1S/C16H12BrN3O2/c17-13-6-7-16(20(21)22)14(10-13)15-8-9-19(18-15)11-12-4-2-1-3-5-12/h1-10H,11H2. The van der Waals surface area contributed by atoms with Gasteiger partial charge in [-0.05, 0) is 23.8 Å². The van der Waals surface area contributed by atoms with Crippen molar-refractivity contribution < 1.29 is 4.92 Å². The zero-order chi connectivity index (χ0) is 15.5. The topological polar surface area (TPSA) is 61.0 Å². The van der Waals surface area contributed by atoms with Crippen LogP contribution in [-0.2, 0) is 6.54 Å². The fourth-order valence-corrected chi connectivity index (χ4v) is 2.60. The first-order valence-electron chi connectivity index (χ1n) is 6.65. The molecule has 0 saturated heterocycles. The van der Waals surface area contributed by atoms with Crippen LogP contribution in [0.1, 0.15) is 5.56 Å². The zero-order valence-electron chi connectivity index (χ0n) is 11.5. The lowest BCUT2D eigenvalue weighted by atomic mass is 10.1. The molecule has 0 radical (unpaired) electrons. The van der Waals surface area contributed by atoms with Crippen LogP contribution in [0.5, 0.6) is 0 Å². The van der Waals surface area contributed by atoms with E-state index in [0.717, 1.165) is 10.0 Å². The molecule has 1 heterocycles. The van der Waals surface area contributed by atoms with Gasteiger partial charge in [-0.1, -0.05) is 46.3 Å². The molecule has 0 aliphatic heterocycles. The largest absolute Gasteiger partial charge is 0.278 e. The van der Waals surface area contributed by atoms with Crippen molar-refractivity contribution in [1.29, 1.82) is 0 Å². The quantitative estimate of drug-likeness (QED) is 0.517. The monoisotopic (exact) mass is 357 g/mol. The van der Waals surface area contributed by atoms with Crippen molar-refractivity contribution in [3.05, 3.63) is 80.9 Å². The fourth-order valence-electron chi connectivity index (χ4n) is 2.24. The minimum Gasteiger partial charge on any atom is -0.268 e. The van der Waals surface area contributed by atoms with E-state index in [-0.39, 0.29) is 5.69 Å². The third-order valence-electron chi connectivity index (χ3n) is 3.26. The molecular formula is C16H12BrN3O2. The Kier molecular flexibility index (Phi) is 4.02. The average molecular weight is 358 g/mol. The number of halogens is 1. The van der Waals surface area contributed by atoms with E-state index >= 15 is 0 Å². The number of nitrogens with zero attached hydrogens (tertiary/aromatic N) is 3. The van der Waals surface area contributed by atoms with Gasteiger partial charge in [0.05, 0.1) is 22.7 Å². The van der Waals surface area contributed by atoms with Crippen LogP contribution in [0.2, 0.25) is 0 Å². The number of rotatable bonds is 4. The average Bonchev–Trinajstić information content (AvgIpc) is 2.96. The van der Waals surface area contributed by atoms with Crippen molar-refractivity contribution >= 4 is 21.6 Å². The van der Waals surface area contributed by atoms with Crippen LogP contribution in [0, 0.1) is 10.1 Å². The first-order chi connectivity index (χ1) is 10.6. The van der Waals surface area contributed by atoms with Gasteiger partial charge in [-0.3, -0.25) is 14.8 Å². The third-order valence-corrected chi connectivity index (χ3v) is 3.75. The van der Waals surface area contributed by atoms with E-state index in [4.69, 9.17) is 0 Å². The first-order valence-corrected chi connectivity index (χ1v) is 7.44. The maximum absolute atomic E-state index is 11.2. The smallest absolute Gasteiger partial charge is 0.268 e. The van der Waals surface area contributed by atoms with Crippen LogP contribution in [0.3, 0.4) is 0 Å². The van der Waals surface area contributed by atoms with Crippen LogP contribution < -0.4 is 0 Å². The summed E-state index contributed by atoms with van der Waals surface area (Å²) in [6, 6.07) is 16.6. The van der Waals surface area contributed by atoms with E-state index in [1.807, 2.05) is 36.5 Å². The molecule has 22 heavy (non-hydrogen) atoms. The van der Waals surface area contributed by atoms with Gasteiger partial charge in [0.1, 0.15) is 0 Å². The lowest BCUT2D eigenvalue weighted by molar-refractivity contribution is -0.384. The molecule has 0 spiro atoms. The third kappa shape index (κ3) is 3.07. The SMILES string of the molecule is O=[N+]([O-])c1ccc(Br)cc1-c1ccn(Cc2ccccc2)n1. The van der Waals surface area contributed by atoms with Gasteiger partial charge in [-0.25, -0.2) is 0 Å². The molecule has 0 atom stereocenters. The van der Waals surface area contributed by atoms with Crippen LogP contribution in [0.15, 0.2) is 65.3 Å². The molecule has 6 heteroatoms. The van der Waals surface area contributed by atoms with Crippen molar-refractivity contribution in [3.8, 4) is 11.3 Å². The van der Waals surface area contributed by atoms with Crippen molar-refractivity contribution in [2.75, 3.05) is 0 Å². The van der Waals surface area contributed by atoms with Gasteiger partial charge < -0.3 is 0 Å². The second-order valence-corrected chi connectivity index (χ2v) is 5.72. The predicted octanol–water partition coefficient (Wildman–Crippen LogP) is 4.27. The minimum atomic E-state index is -0.391. The Bertz CT molecular complexity index is 815. The van der Waals surface area contributed by atoms with Gasteiger partial charge in [0, 0.05) is 16.7 Å². The van der Waals surface area contributed by atoms with E-state index < -0.39 is 4.92 Å². The van der Waals surface area contributed by atoms with Crippen LogP contribution in [0.25, 0.3) is 11.3 Å². The molecule has 0 N–H and O–H groups in total. The molecule has 0 aliphatic rings. The summed E-state index contributed by atoms with van der Waals surface area (Å²) in [5.41, 5.74) is 2.27. The van der Waals surface area contributed by atoms with E-state index in [2.05, 4.69) is 21.0 Å². The van der Waals surface area contributed by atoms with Gasteiger partial charge in [0.25, 0.3) is 5.69 Å². The molecule has 0 fully saturated rings. The normalized spacial score (nSPS) is 10.6. The van der Waals surface area contributed by atoms with Crippen molar-refractivity contribution in [2.45, 2.75) is 6.54 Å². The fraction of sp³-hybridized carbons (Fsp3) is 0.0625. The van der Waals surface area contributed by atoms with Crippen LogP contribution in [0.4, 0.5) is 5.69 Å². The number of aromatic nitrogens is 2. The van der Waals surface area contributed by atoms with Gasteiger partial charge in [0.15, 0.2) is 0 Å². The molecule has 0 saturated carbocycles. The summed E-state index contributed by atoms with van der Waals surface area (Å²) in [6.07, 6.45) is 1.83. The Morgan fingerprint density at radius 1 is 1.14 bits per heavy atom. The van der Waals surface area contributed by atoms with Gasteiger partial charge >= 0.3 is 0 Å². The summed E-state index contributed by atoms with van der Waals surface area (Å²) < 4.78 is 2.56. The highest BCUT2D eigenvalue weighted by Gasteiger charge is 2.17. The Hall–Kier alpha value is -2.47. The van der Waals surface area contributed by atoms with E-state index in [9.17, 15) is 10.1 Å². The van der Waals surface area contributed by atoms with Crippen molar-refractivity contribution in [2.24, 2.45) is 0 Å². The van der Waals surface area contributed by atoms with E-state index in [1.54, 1.807) is 22.9 Å². The van der Waals surface area contributed by atoms with Crippen molar-refractivity contribution in [3.63, 3.8) is 0 Å². The molecule has 110 valence electrons. The molecule has 3 aromatic rings. The van der Waals surface area contributed by atoms with E-state index in [1.165, 1.54) is 6.07 Å². The second-order valence-electron chi connectivity index (χ2n) is 4.80. The first kappa shape index (κ1) is 14.5. The maximum atomic E-state index is 11.2. The van der Waals surface area contributed by atoms with Crippen LogP contribution in [-0.4, -0.2) is 14.7 Å². The molecule has 2 aromatic carbocycles. The molecule has 0 aliphatic carbocycles. The minimum absolute atomic E-state index is 0.0492. The Labute approximate surface area is 135 Å². The second kappa shape index (κ2) is 6.11. The highest BCUT2D eigenvalue weighted by Crippen LogP contribution is 2.31. The van der Waals surface area contributed by atoms with Gasteiger partial charge in [-0.2, -0.15) is 5.10 Å². The van der Waals surface area contributed by atoms with Gasteiger partial charge in [-0.15, -0.1) is 0 Å². The molecule has 0 amide bonds. The summed E-state index contributed by atoms with van der Waals surface area (Å²) in [4.78, 5) is 10.8. The highest BCUT2D eigenvalue weighted by molar-refractivity contribution is 9.10. The lowest BCUT2D eigenvalue weighted by Crippen LogP contribution is -2.00. The maximum Gasteiger partial charge on any atom is 0.278 e. The molecule has 0 bridgehead atoms. The number of benzene rings is 2. The number of hydrogen-bond donors (Lipinski definition) is 0. The van der Waals surface area contributed by atoms with Crippen LogP contribution >= 0.6 is 15.9 Å². The zero-order valence-corrected chi connectivity index (χ0v) is 13.1. The summed E-state index contributed by atoms with van der Waals surface area (Å²) in [7, 11) is 0. The number of hydrogen-bond acceptors (Lipinski definition) is 3. The molecule has 3 rings (SSSR count). The highest BCUT2D eigenvalue weighted by atomic mass is 79.9. The number of nitro groups is 1. The Morgan fingerprint density at radius 2 is 1.91 bits per heavy atom. The molecule has 5 nitrogen and oxygen atoms in total. The Morgan fingerprint density at radius 3 is 2.64 bits per heavy atom. The summed E-state index contributed by atoms with van der Waals surface area (Å²) in [6.45, 7) is 0.628. The summed E-state index contributed by atoms with van der Waals surface area (Å²) >= 11 is 3.35. The Balaban J connectivity index is 1.94. The molecular weight excluding hydrogens is 346 g/mol. The molecule has 1 aromatic heterocycles. The van der Waals surface area contributed by atoms with Crippen molar-refractivity contribution in [1.82, 2.24) is 9.78 Å². The summed E-state index contributed by atoms with van der Waals surface area (Å²) in [5, 5.41) is 15.6. The number of nitro benzene ring substituents is 1. The van der Waals surface area contributed by atoms with E-state index in [0.29, 0.717) is 17.8 Å². The lowest BCUT2D eigenvalue weighted by Gasteiger charge is -2.02. The summed E-state index contributed by atoms with van der Waals surface area (Å²) in [5.74, 6) is 0. The predicted molar refractivity (Wildman–Crippen MR) is 87.6 cm³/mol. The molecule has 0 unspecified atom stereocenters.